The SMILES string of the molecule is COCCC(=O)C1CC2COCC(C1)N2C(=O)OCC1c2ccccc2-c2ccccc21. The number of fused-ring (bicyclic) bond motifs is 5. The predicted octanol–water partition coefficient (Wildman–Crippen LogP) is 4.02. The molecule has 2 aromatic carbocycles. The maximum Gasteiger partial charge on any atom is 0.410 e. The summed E-state index contributed by atoms with van der Waals surface area (Å²) in [6.45, 7) is 1.65. The van der Waals surface area contributed by atoms with Crippen LogP contribution in [0.4, 0.5) is 4.79 Å². The van der Waals surface area contributed by atoms with Gasteiger partial charge >= 0.3 is 6.09 Å². The van der Waals surface area contributed by atoms with Crippen LogP contribution in [0.25, 0.3) is 11.1 Å². The van der Waals surface area contributed by atoms with Crippen molar-refractivity contribution in [3.63, 3.8) is 0 Å². The fourth-order valence-corrected chi connectivity index (χ4v) is 5.55. The first-order valence-electron chi connectivity index (χ1n) is 11.4. The molecule has 6 heteroatoms. The minimum Gasteiger partial charge on any atom is -0.448 e. The van der Waals surface area contributed by atoms with Gasteiger partial charge in [-0.3, -0.25) is 9.69 Å². The molecule has 1 amide bonds. The summed E-state index contributed by atoms with van der Waals surface area (Å²) < 4.78 is 16.7. The molecule has 168 valence electrons. The van der Waals surface area contributed by atoms with Gasteiger partial charge in [0, 0.05) is 25.4 Å². The van der Waals surface area contributed by atoms with Crippen LogP contribution < -0.4 is 0 Å². The highest BCUT2D eigenvalue weighted by molar-refractivity contribution is 5.82. The van der Waals surface area contributed by atoms with E-state index >= 15 is 0 Å². The fraction of sp³-hybridized carbons (Fsp3) is 0.462. The second kappa shape index (κ2) is 9.04. The molecule has 0 saturated carbocycles. The minimum atomic E-state index is -0.298. The number of ketones is 1. The van der Waals surface area contributed by atoms with Gasteiger partial charge in [-0.1, -0.05) is 48.5 Å². The first-order chi connectivity index (χ1) is 15.7. The zero-order valence-electron chi connectivity index (χ0n) is 18.4. The Bertz CT molecular complexity index is 946. The summed E-state index contributed by atoms with van der Waals surface area (Å²) >= 11 is 0. The van der Waals surface area contributed by atoms with Crippen LogP contribution in [0, 0.1) is 5.92 Å². The molecule has 2 bridgehead atoms. The highest BCUT2D eigenvalue weighted by atomic mass is 16.6. The predicted molar refractivity (Wildman–Crippen MR) is 120 cm³/mol. The lowest BCUT2D eigenvalue weighted by Crippen LogP contribution is -2.60. The van der Waals surface area contributed by atoms with E-state index in [2.05, 4.69) is 24.3 Å². The molecule has 32 heavy (non-hydrogen) atoms. The number of nitrogens with zero attached hydrogens (tertiary/aromatic N) is 1. The van der Waals surface area contributed by atoms with Gasteiger partial charge < -0.3 is 14.2 Å². The first kappa shape index (κ1) is 21.2. The highest BCUT2D eigenvalue weighted by Crippen LogP contribution is 2.44. The molecule has 3 aliphatic rings. The van der Waals surface area contributed by atoms with Crippen LogP contribution in [0.1, 0.15) is 36.3 Å². The van der Waals surface area contributed by atoms with Gasteiger partial charge in [-0.2, -0.15) is 0 Å². The van der Waals surface area contributed by atoms with Gasteiger partial charge in [-0.05, 0) is 35.1 Å². The zero-order valence-corrected chi connectivity index (χ0v) is 18.4. The third-order valence-corrected chi connectivity index (χ3v) is 7.08. The quantitative estimate of drug-likeness (QED) is 0.686. The Labute approximate surface area is 188 Å². The molecule has 2 fully saturated rings. The van der Waals surface area contributed by atoms with Crippen molar-refractivity contribution in [1.29, 1.82) is 0 Å². The summed E-state index contributed by atoms with van der Waals surface area (Å²) in [6, 6.07) is 16.4. The number of benzene rings is 2. The van der Waals surface area contributed by atoms with E-state index in [1.165, 1.54) is 22.3 Å². The molecule has 0 radical (unpaired) electrons. The number of methoxy groups -OCH3 is 1. The topological polar surface area (TPSA) is 65.1 Å². The number of carbonyl (C=O) groups excluding carboxylic acids is 2. The van der Waals surface area contributed by atoms with E-state index in [0.29, 0.717) is 45.7 Å². The summed E-state index contributed by atoms with van der Waals surface area (Å²) in [7, 11) is 1.61. The molecule has 2 aliphatic heterocycles. The van der Waals surface area contributed by atoms with Crippen molar-refractivity contribution in [1.82, 2.24) is 4.90 Å². The molecule has 6 nitrogen and oxygen atoms in total. The molecule has 2 heterocycles. The van der Waals surface area contributed by atoms with E-state index in [1.54, 1.807) is 7.11 Å². The Morgan fingerprint density at radius 3 is 2.16 bits per heavy atom. The normalized spacial score (nSPS) is 24.0. The standard InChI is InChI=1S/C26H29NO5/c1-30-11-10-25(28)17-12-18-14-31-15-19(13-17)27(18)26(29)32-16-24-22-8-4-2-6-20(22)21-7-3-5-9-23(21)24/h2-9,17-19,24H,10-16H2,1H3. The smallest absolute Gasteiger partial charge is 0.410 e. The van der Waals surface area contributed by atoms with Gasteiger partial charge in [0.25, 0.3) is 0 Å². The van der Waals surface area contributed by atoms with Gasteiger partial charge in [0.15, 0.2) is 0 Å². The molecule has 2 aromatic rings. The van der Waals surface area contributed by atoms with Gasteiger partial charge in [-0.15, -0.1) is 0 Å². The Hall–Kier alpha value is -2.70. The number of carbonyl (C=O) groups is 2. The van der Waals surface area contributed by atoms with E-state index in [9.17, 15) is 9.59 Å². The van der Waals surface area contributed by atoms with Gasteiger partial charge in [0.2, 0.25) is 0 Å². The lowest BCUT2D eigenvalue weighted by atomic mass is 9.82. The van der Waals surface area contributed by atoms with Crippen LogP contribution in [-0.2, 0) is 19.0 Å². The monoisotopic (exact) mass is 435 g/mol. The number of rotatable bonds is 6. The van der Waals surface area contributed by atoms with Gasteiger partial charge in [0.05, 0.1) is 31.9 Å². The molecule has 5 rings (SSSR count). The summed E-state index contributed by atoms with van der Waals surface area (Å²) in [5.41, 5.74) is 4.83. The first-order valence-corrected chi connectivity index (χ1v) is 11.4. The maximum absolute atomic E-state index is 13.2. The zero-order chi connectivity index (χ0) is 22.1. The minimum absolute atomic E-state index is 0.0376. The second-order valence-electron chi connectivity index (χ2n) is 8.93. The van der Waals surface area contributed by atoms with Crippen molar-refractivity contribution in [3.8, 4) is 11.1 Å². The molecule has 2 unspecified atom stereocenters. The van der Waals surface area contributed by atoms with Gasteiger partial charge in [0.1, 0.15) is 12.4 Å². The van der Waals surface area contributed by atoms with Crippen LogP contribution in [0.5, 0.6) is 0 Å². The molecular weight excluding hydrogens is 406 g/mol. The van der Waals surface area contributed by atoms with Crippen LogP contribution >= 0.6 is 0 Å². The van der Waals surface area contributed by atoms with Crippen molar-refractivity contribution >= 4 is 11.9 Å². The Kier molecular flexibility index (Phi) is 5.98. The molecular formula is C26H29NO5. The number of amides is 1. The molecule has 2 atom stereocenters. The van der Waals surface area contributed by atoms with Crippen LogP contribution in [0.15, 0.2) is 48.5 Å². The third kappa shape index (κ3) is 3.82. The molecule has 0 N–H and O–H groups in total. The fourth-order valence-electron chi connectivity index (χ4n) is 5.55. The van der Waals surface area contributed by atoms with Crippen molar-refractivity contribution in [2.75, 3.05) is 33.5 Å². The van der Waals surface area contributed by atoms with Gasteiger partial charge in [-0.25, -0.2) is 4.79 Å². The third-order valence-electron chi connectivity index (χ3n) is 7.08. The van der Waals surface area contributed by atoms with Crippen molar-refractivity contribution in [2.45, 2.75) is 37.3 Å². The van der Waals surface area contributed by atoms with Crippen molar-refractivity contribution < 1.29 is 23.8 Å². The van der Waals surface area contributed by atoms with E-state index < -0.39 is 0 Å². The van der Waals surface area contributed by atoms with Crippen LogP contribution in [0.3, 0.4) is 0 Å². The van der Waals surface area contributed by atoms with E-state index in [4.69, 9.17) is 14.2 Å². The molecule has 1 aliphatic carbocycles. The second-order valence-corrected chi connectivity index (χ2v) is 8.93. The number of morpholine rings is 1. The Morgan fingerprint density at radius 1 is 0.969 bits per heavy atom. The largest absolute Gasteiger partial charge is 0.448 e. The lowest BCUT2D eigenvalue weighted by molar-refractivity contribution is -0.131. The van der Waals surface area contributed by atoms with Crippen molar-refractivity contribution in [3.05, 3.63) is 59.7 Å². The number of ether oxygens (including phenoxy) is 3. The summed E-state index contributed by atoms with van der Waals surface area (Å²) in [5, 5.41) is 0. The summed E-state index contributed by atoms with van der Waals surface area (Å²) in [4.78, 5) is 27.6. The molecule has 0 aromatic heterocycles. The lowest BCUT2D eigenvalue weighted by Gasteiger charge is -2.47. The average Bonchev–Trinajstić information content (AvgIpc) is 3.14. The number of hydrogen-bond acceptors (Lipinski definition) is 5. The van der Waals surface area contributed by atoms with Crippen LogP contribution in [-0.4, -0.2) is 62.4 Å². The number of hydrogen-bond donors (Lipinski definition) is 0. The molecule has 2 saturated heterocycles. The maximum atomic E-state index is 13.2. The number of Topliss-reactive ketones (excluding diaryl/α,β-unsaturated/α-hetero) is 1. The van der Waals surface area contributed by atoms with Crippen molar-refractivity contribution in [2.24, 2.45) is 5.92 Å². The summed E-state index contributed by atoms with van der Waals surface area (Å²) in [6.07, 6.45) is 1.38. The highest BCUT2D eigenvalue weighted by Gasteiger charge is 2.44. The van der Waals surface area contributed by atoms with E-state index in [1.807, 2.05) is 29.2 Å². The average molecular weight is 436 g/mol. The Morgan fingerprint density at radius 2 is 1.56 bits per heavy atom. The van der Waals surface area contributed by atoms with E-state index in [0.717, 1.165) is 0 Å². The van der Waals surface area contributed by atoms with Crippen LogP contribution in [0.2, 0.25) is 0 Å². The Balaban J connectivity index is 1.28. The molecule has 0 spiro atoms. The summed E-state index contributed by atoms with van der Waals surface area (Å²) in [5.74, 6) is 0.216. The van der Waals surface area contributed by atoms with E-state index in [-0.39, 0.29) is 35.8 Å². The number of piperidine rings is 1.